The summed E-state index contributed by atoms with van der Waals surface area (Å²) in [6.45, 7) is 5.93. The third kappa shape index (κ3) is 4.71. The molecule has 5 rings (SSSR count). The number of nitrogens with one attached hydrogen (secondary N) is 1. The van der Waals surface area contributed by atoms with Gasteiger partial charge in [-0.2, -0.15) is 0 Å². The number of aryl methyl sites for hydroxylation is 1. The van der Waals surface area contributed by atoms with E-state index in [1.807, 2.05) is 25.4 Å². The molecule has 3 heterocycles. The second-order valence-electron chi connectivity index (χ2n) is 9.58. The van der Waals surface area contributed by atoms with Crippen LogP contribution in [0.2, 0.25) is 0 Å². The smallest absolute Gasteiger partial charge is 0.254 e. The van der Waals surface area contributed by atoms with E-state index in [1.165, 1.54) is 18.9 Å². The molecule has 2 aliphatic heterocycles. The van der Waals surface area contributed by atoms with Gasteiger partial charge in [0, 0.05) is 37.9 Å². The van der Waals surface area contributed by atoms with Gasteiger partial charge in [0.2, 0.25) is 0 Å². The summed E-state index contributed by atoms with van der Waals surface area (Å²) in [6, 6.07) is 5.30. The maximum atomic E-state index is 14.6. The number of hydrogen-bond acceptors (Lipinski definition) is 5. The zero-order chi connectivity index (χ0) is 22.1. The lowest BCUT2D eigenvalue weighted by molar-refractivity contribution is 0.0947. The third-order valence-electron chi connectivity index (χ3n) is 7.31. The molecule has 1 aromatic heterocycles. The van der Waals surface area contributed by atoms with Gasteiger partial charge < -0.3 is 15.1 Å². The van der Waals surface area contributed by atoms with Crippen molar-refractivity contribution < 1.29 is 9.18 Å². The summed E-state index contributed by atoms with van der Waals surface area (Å²) >= 11 is 0. The van der Waals surface area contributed by atoms with Crippen molar-refractivity contribution in [2.75, 3.05) is 36.0 Å². The Balaban J connectivity index is 1.12. The molecule has 6 nitrogen and oxygen atoms in total. The second-order valence-corrected chi connectivity index (χ2v) is 9.58. The summed E-state index contributed by atoms with van der Waals surface area (Å²) in [5.74, 6) is 1.75. The SMILES string of the molecule is Cc1cnc(N2CCC(C3CCN(c4ccc(C(=O)NC5CC5)c(F)c4)CC3)CC2)cn1. The summed E-state index contributed by atoms with van der Waals surface area (Å²) in [4.78, 5) is 25.7. The molecular weight excluding hydrogens is 405 g/mol. The first-order valence-corrected chi connectivity index (χ1v) is 12.0. The van der Waals surface area contributed by atoms with Crippen molar-refractivity contribution >= 4 is 17.4 Å². The van der Waals surface area contributed by atoms with Crippen LogP contribution < -0.4 is 15.1 Å². The third-order valence-corrected chi connectivity index (χ3v) is 7.31. The standard InChI is InChI=1S/C25H32FN5O/c1-17-15-28-24(16-27-17)31-12-8-19(9-13-31)18-6-10-30(11-7-18)21-4-5-22(23(26)14-21)25(32)29-20-2-3-20/h4-5,14-16,18-20H,2-3,6-13H2,1H3,(H,29,32). The first-order chi connectivity index (χ1) is 15.6. The van der Waals surface area contributed by atoms with Crippen LogP contribution in [0, 0.1) is 24.6 Å². The van der Waals surface area contributed by atoms with Crippen molar-refractivity contribution in [3.8, 4) is 0 Å². The number of anilines is 2. The highest BCUT2D eigenvalue weighted by molar-refractivity contribution is 5.95. The van der Waals surface area contributed by atoms with E-state index >= 15 is 0 Å². The van der Waals surface area contributed by atoms with Gasteiger partial charge in [0.15, 0.2) is 0 Å². The molecule has 2 saturated heterocycles. The number of carbonyl (C=O) groups excluding carboxylic acids is 1. The fourth-order valence-electron chi connectivity index (χ4n) is 5.15. The van der Waals surface area contributed by atoms with Crippen LogP contribution in [0.15, 0.2) is 30.6 Å². The van der Waals surface area contributed by atoms with E-state index in [0.717, 1.165) is 80.9 Å². The minimum absolute atomic E-state index is 0.153. The van der Waals surface area contributed by atoms with Crippen molar-refractivity contribution in [2.45, 2.75) is 51.5 Å². The van der Waals surface area contributed by atoms with Gasteiger partial charge in [0.05, 0.1) is 23.7 Å². The van der Waals surface area contributed by atoms with Crippen molar-refractivity contribution in [3.63, 3.8) is 0 Å². The lowest BCUT2D eigenvalue weighted by atomic mass is 9.78. The fourth-order valence-corrected chi connectivity index (χ4v) is 5.15. The molecule has 2 aromatic rings. The van der Waals surface area contributed by atoms with Gasteiger partial charge in [0.1, 0.15) is 11.6 Å². The molecule has 0 bridgehead atoms. The van der Waals surface area contributed by atoms with E-state index in [0.29, 0.717) is 0 Å². The molecule has 0 radical (unpaired) electrons. The molecular formula is C25H32FN5O. The van der Waals surface area contributed by atoms with Gasteiger partial charge in [0.25, 0.3) is 5.91 Å². The van der Waals surface area contributed by atoms with Crippen molar-refractivity contribution in [2.24, 2.45) is 11.8 Å². The van der Waals surface area contributed by atoms with Gasteiger partial charge in [-0.25, -0.2) is 9.37 Å². The molecule has 0 unspecified atom stereocenters. The van der Waals surface area contributed by atoms with Crippen LogP contribution in [0.4, 0.5) is 15.9 Å². The van der Waals surface area contributed by atoms with E-state index in [1.54, 1.807) is 6.07 Å². The lowest BCUT2D eigenvalue weighted by Crippen LogP contribution is -2.41. The number of amides is 1. The van der Waals surface area contributed by atoms with E-state index in [2.05, 4.69) is 25.1 Å². The number of benzene rings is 1. The second kappa shape index (κ2) is 9.04. The Morgan fingerprint density at radius 3 is 2.16 bits per heavy atom. The Bertz CT molecular complexity index is 945. The molecule has 7 heteroatoms. The molecule has 32 heavy (non-hydrogen) atoms. The highest BCUT2D eigenvalue weighted by Gasteiger charge is 2.30. The molecule has 0 atom stereocenters. The number of halogens is 1. The van der Waals surface area contributed by atoms with Crippen molar-refractivity contribution in [1.29, 1.82) is 0 Å². The summed E-state index contributed by atoms with van der Waals surface area (Å²) in [5, 5.41) is 2.86. The summed E-state index contributed by atoms with van der Waals surface area (Å²) in [5.41, 5.74) is 1.99. The maximum absolute atomic E-state index is 14.6. The largest absolute Gasteiger partial charge is 0.371 e. The molecule has 1 amide bonds. The maximum Gasteiger partial charge on any atom is 0.254 e. The molecule has 170 valence electrons. The monoisotopic (exact) mass is 437 g/mol. The average molecular weight is 438 g/mol. The number of aromatic nitrogens is 2. The van der Waals surface area contributed by atoms with Crippen LogP contribution in [0.3, 0.4) is 0 Å². The quantitative estimate of drug-likeness (QED) is 0.768. The van der Waals surface area contributed by atoms with Gasteiger partial charge in [-0.15, -0.1) is 0 Å². The Morgan fingerprint density at radius 2 is 1.59 bits per heavy atom. The molecule has 1 aliphatic carbocycles. The highest BCUT2D eigenvalue weighted by atomic mass is 19.1. The zero-order valence-corrected chi connectivity index (χ0v) is 18.8. The van der Waals surface area contributed by atoms with Crippen molar-refractivity contribution in [1.82, 2.24) is 15.3 Å². The molecule has 3 fully saturated rings. The molecule has 1 aromatic carbocycles. The topological polar surface area (TPSA) is 61.4 Å². The lowest BCUT2D eigenvalue weighted by Gasteiger charge is -2.41. The van der Waals surface area contributed by atoms with Crippen molar-refractivity contribution in [3.05, 3.63) is 47.7 Å². The van der Waals surface area contributed by atoms with Gasteiger partial charge in [-0.3, -0.25) is 9.78 Å². The van der Waals surface area contributed by atoms with E-state index < -0.39 is 5.82 Å². The fraction of sp³-hybridized carbons (Fsp3) is 0.560. The summed E-state index contributed by atoms with van der Waals surface area (Å²) in [7, 11) is 0. The Kier molecular flexibility index (Phi) is 5.98. The molecule has 3 aliphatic rings. The Morgan fingerprint density at radius 1 is 0.938 bits per heavy atom. The van der Waals surface area contributed by atoms with Crippen LogP contribution in [0.5, 0.6) is 0 Å². The molecule has 1 saturated carbocycles. The predicted molar refractivity (Wildman–Crippen MR) is 124 cm³/mol. The zero-order valence-electron chi connectivity index (χ0n) is 18.8. The number of piperidine rings is 2. The first kappa shape index (κ1) is 21.2. The summed E-state index contributed by atoms with van der Waals surface area (Å²) in [6.07, 6.45) is 10.4. The molecule has 1 N–H and O–H groups in total. The van der Waals surface area contributed by atoms with Crippen LogP contribution in [0.25, 0.3) is 0 Å². The Labute approximate surface area is 189 Å². The Hall–Kier alpha value is -2.70. The average Bonchev–Trinajstić information content (AvgIpc) is 3.64. The van der Waals surface area contributed by atoms with Gasteiger partial charge >= 0.3 is 0 Å². The minimum atomic E-state index is -0.422. The van der Waals surface area contributed by atoms with Crippen LogP contribution in [0.1, 0.15) is 54.6 Å². The number of rotatable bonds is 5. The van der Waals surface area contributed by atoms with Crippen LogP contribution in [-0.4, -0.2) is 48.1 Å². The highest BCUT2D eigenvalue weighted by Crippen LogP contribution is 2.35. The first-order valence-electron chi connectivity index (χ1n) is 12.0. The van der Waals surface area contributed by atoms with E-state index in [9.17, 15) is 9.18 Å². The van der Waals surface area contributed by atoms with Gasteiger partial charge in [-0.05, 0) is 75.5 Å². The molecule has 0 spiro atoms. The van der Waals surface area contributed by atoms with E-state index in [-0.39, 0.29) is 17.5 Å². The number of carbonyl (C=O) groups is 1. The normalized spacial score (nSPS) is 20.4. The number of nitrogens with zero attached hydrogens (tertiary/aromatic N) is 4. The van der Waals surface area contributed by atoms with Crippen LogP contribution in [-0.2, 0) is 0 Å². The van der Waals surface area contributed by atoms with Crippen LogP contribution >= 0.6 is 0 Å². The van der Waals surface area contributed by atoms with Gasteiger partial charge in [-0.1, -0.05) is 0 Å². The number of hydrogen-bond donors (Lipinski definition) is 1. The summed E-state index contributed by atoms with van der Waals surface area (Å²) < 4.78 is 14.6. The predicted octanol–water partition coefficient (Wildman–Crippen LogP) is 3.95. The minimum Gasteiger partial charge on any atom is -0.371 e. The van der Waals surface area contributed by atoms with E-state index in [4.69, 9.17) is 0 Å².